The molecule has 2 heteroatoms. The van der Waals surface area contributed by atoms with Crippen LogP contribution in [0.3, 0.4) is 0 Å². The summed E-state index contributed by atoms with van der Waals surface area (Å²) in [5.74, 6) is 3.31. The normalized spacial score (nSPS) is 18.8. The molecule has 1 nitrogen and oxygen atoms in total. The number of rotatable bonds is 5. The number of aliphatic hydroxyl groups excluding tert-OH is 1. The quantitative estimate of drug-likeness (QED) is 0.875. The highest BCUT2D eigenvalue weighted by atomic mass is 32.2. The van der Waals surface area contributed by atoms with Gasteiger partial charge in [0.1, 0.15) is 0 Å². The molecule has 2 rings (SSSR count). The van der Waals surface area contributed by atoms with Gasteiger partial charge in [0.05, 0.1) is 6.10 Å². The van der Waals surface area contributed by atoms with Gasteiger partial charge in [-0.2, -0.15) is 11.8 Å². The maximum atomic E-state index is 10.2. The molecule has 1 saturated heterocycles. The minimum absolute atomic E-state index is 0.162. The number of hydrogen-bond acceptors (Lipinski definition) is 2. The Hall–Kier alpha value is -0.470. The lowest BCUT2D eigenvalue weighted by Gasteiger charge is -2.23. The molecule has 0 aromatic heterocycles. The van der Waals surface area contributed by atoms with Crippen molar-refractivity contribution in [3.63, 3.8) is 0 Å². The largest absolute Gasteiger partial charge is 0.393 e. The van der Waals surface area contributed by atoms with Crippen LogP contribution in [0.15, 0.2) is 24.3 Å². The fraction of sp³-hybridized carbons (Fsp3) is 0.625. The van der Waals surface area contributed by atoms with Gasteiger partial charge in [0.2, 0.25) is 0 Å². The summed E-state index contributed by atoms with van der Waals surface area (Å²) in [5, 5.41) is 10.2. The Morgan fingerprint density at radius 1 is 1.17 bits per heavy atom. The van der Waals surface area contributed by atoms with E-state index >= 15 is 0 Å². The van der Waals surface area contributed by atoms with Crippen molar-refractivity contribution in [1.82, 2.24) is 0 Å². The second-order valence-electron chi connectivity index (χ2n) is 5.32. The van der Waals surface area contributed by atoms with Crippen molar-refractivity contribution in [3.05, 3.63) is 35.4 Å². The first-order valence-electron chi connectivity index (χ1n) is 7.11. The van der Waals surface area contributed by atoms with E-state index in [1.807, 2.05) is 0 Å². The van der Waals surface area contributed by atoms with Crippen molar-refractivity contribution in [2.24, 2.45) is 5.92 Å². The Labute approximate surface area is 115 Å². The Morgan fingerprint density at radius 2 is 1.78 bits per heavy atom. The maximum absolute atomic E-state index is 10.2. The highest BCUT2D eigenvalue weighted by molar-refractivity contribution is 7.99. The summed E-state index contributed by atoms with van der Waals surface area (Å²) >= 11 is 2.05. The third-order valence-electron chi connectivity index (χ3n) is 3.85. The minimum Gasteiger partial charge on any atom is -0.393 e. The second-order valence-corrected chi connectivity index (χ2v) is 6.54. The number of aryl methyl sites for hydroxylation is 1. The molecule has 0 aliphatic carbocycles. The summed E-state index contributed by atoms with van der Waals surface area (Å²) in [6.07, 6.45) is 5.30. The van der Waals surface area contributed by atoms with E-state index in [2.05, 4.69) is 43.0 Å². The Bertz CT molecular complexity index is 341. The van der Waals surface area contributed by atoms with Crippen LogP contribution in [-0.4, -0.2) is 22.7 Å². The van der Waals surface area contributed by atoms with Crippen LogP contribution in [0, 0.1) is 5.92 Å². The summed E-state index contributed by atoms with van der Waals surface area (Å²) in [4.78, 5) is 0. The molecule has 1 fully saturated rings. The average molecular weight is 264 g/mol. The van der Waals surface area contributed by atoms with E-state index in [1.54, 1.807) is 0 Å². The van der Waals surface area contributed by atoms with E-state index in [1.165, 1.54) is 35.5 Å². The third kappa shape index (κ3) is 4.33. The van der Waals surface area contributed by atoms with Crippen LogP contribution < -0.4 is 0 Å². The van der Waals surface area contributed by atoms with Gasteiger partial charge in [0.25, 0.3) is 0 Å². The number of hydrogen-bond donors (Lipinski definition) is 1. The average Bonchev–Trinajstić information content (AvgIpc) is 2.40. The standard InChI is InChI=1S/C16H24OS/c1-2-13-3-5-14(6-4-13)11-16(17)12-15-7-9-18-10-8-15/h3-6,15-17H,2,7-12H2,1H3. The first-order chi connectivity index (χ1) is 8.78. The fourth-order valence-electron chi connectivity index (χ4n) is 2.63. The molecule has 100 valence electrons. The highest BCUT2D eigenvalue weighted by Gasteiger charge is 2.17. The lowest BCUT2D eigenvalue weighted by Crippen LogP contribution is -2.19. The van der Waals surface area contributed by atoms with Gasteiger partial charge in [-0.15, -0.1) is 0 Å². The van der Waals surface area contributed by atoms with Gasteiger partial charge in [-0.1, -0.05) is 31.2 Å². The van der Waals surface area contributed by atoms with E-state index < -0.39 is 0 Å². The zero-order valence-corrected chi connectivity index (χ0v) is 12.1. The molecule has 18 heavy (non-hydrogen) atoms. The van der Waals surface area contributed by atoms with Gasteiger partial charge in [-0.05, 0) is 60.7 Å². The van der Waals surface area contributed by atoms with Crippen LogP contribution in [0.25, 0.3) is 0 Å². The summed E-state index contributed by atoms with van der Waals surface area (Å²) < 4.78 is 0. The van der Waals surface area contributed by atoms with Crippen molar-refractivity contribution in [1.29, 1.82) is 0 Å². The summed E-state index contributed by atoms with van der Waals surface area (Å²) in [6.45, 7) is 2.17. The first kappa shape index (κ1) is 14.0. The molecule has 0 radical (unpaired) electrons. The topological polar surface area (TPSA) is 20.2 Å². The maximum Gasteiger partial charge on any atom is 0.0583 e. The van der Waals surface area contributed by atoms with Crippen molar-refractivity contribution in [3.8, 4) is 0 Å². The molecular weight excluding hydrogens is 240 g/mol. The molecule has 0 saturated carbocycles. The van der Waals surface area contributed by atoms with Crippen molar-refractivity contribution >= 4 is 11.8 Å². The van der Waals surface area contributed by atoms with Gasteiger partial charge in [0, 0.05) is 0 Å². The molecule has 1 atom stereocenters. The van der Waals surface area contributed by atoms with E-state index in [0.717, 1.165) is 25.2 Å². The predicted octanol–water partition coefficient (Wildman–Crippen LogP) is 3.69. The second kappa shape index (κ2) is 7.20. The predicted molar refractivity (Wildman–Crippen MR) is 80.2 cm³/mol. The number of thioether (sulfide) groups is 1. The van der Waals surface area contributed by atoms with Crippen LogP contribution >= 0.6 is 11.8 Å². The smallest absolute Gasteiger partial charge is 0.0583 e. The molecule has 1 unspecified atom stereocenters. The monoisotopic (exact) mass is 264 g/mol. The fourth-order valence-corrected chi connectivity index (χ4v) is 3.84. The van der Waals surface area contributed by atoms with Gasteiger partial charge < -0.3 is 5.11 Å². The van der Waals surface area contributed by atoms with E-state index in [-0.39, 0.29) is 6.10 Å². The molecule has 1 heterocycles. The molecule has 1 aromatic carbocycles. The number of aliphatic hydroxyl groups is 1. The van der Waals surface area contributed by atoms with Gasteiger partial charge in [-0.3, -0.25) is 0 Å². The van der Waals surface area contributed by atoms with Crippen LogP contribution in [0.5, 0.6) is 0 Å². The van der Waals surface area contributed by atoms with Gasteiger partial charge in [-0.25, -0.2) is 0 Å². The zero-order valence-electron chi connectivity index (χ0n) is 11.3. The molecule has 1 aromatic rings. The van der Waals surface area contributed by atoms with Crippen LogP contribution in [0.2, 0.25) is 0 Å². The van der Waals surface area contributed by atoms with Crippen molar-refractivity contribution in [2.45, 2.75) is 45.1 Å². The minimum atomic E-state index is -0.162. The molecule has 0 spiro atoms. The van der Waals surface area contributed by atoms with E-state index in [0.29, 0.717) is 0 Å². The molecular formula is C16H24OS. The van der Waals surface area contributed by atoms with Crippen LogP contribution in [-0.2, 0) is 12.8 Å². The van der Waals surface area contributed by atoms with Crippen molar-refractivity contribution < 1.29 is 5.11 Å². The number of benzene rings is 1. The van der Waals surface area contributed by atoms with Crippen molar-refractivity contribution in [2.75, 3.05) is 11.5 Å². The third-order valence-corrected chi connectivity index (χ3v) is 4.90. The van der Waals surface area contributed by atoms with E-state index in [4.69, 9.17) is 0 Å². The molecule has 0 amide bonds. The SMILES string of the molecule is CCc1ccc(CC(O)CC2CCSCC2)cc1. The lowest BCUT2D eigenvalue weighted by atomic mass is 9.92. The molecule has 0 bridgehead atoms. The van der Waals surface area contributed by atoms with Gasteiger partial charge in [0.15, 0.2) is 0 Å². The van der Waals surface area contributed by atoms with Crippen LogP contribution in [0.1, 0.15) is 37.3 Å². The molecule has 1 aliphatic rings. The zero-order chi connectivity index (χ0) is 12.8. The first-order valence-corrected chi connectivity index (χ1v) is 8.27. The molecule has 1 N–H and O–H groups in total. The Balaban J connectivity index is 1.80. The summed E-state index contributed by atoms with van der Waals surface area (Å²) in [7, 11) is 0. The van der Waals surface area contributed by atoms with Crippen LogP contribution in [0.4, 0.5) is 0 Å². The summed E-state index contributed by atoms with van der Waals surface area (Å²) in [5.41, 5.74) is 2.64. The Morgan fingerprint density at radius 3 is 2.39 bits per heavy atom. The van der Waals surface area contributed by atoms with E-state index in [9.17, 15) is 5.11 Å². The highest BCUT2D eigenvalue weighted by Crippen LogP contribution is 2.27. The van der Waals surface area contributed by atoms with Gasteiger partial charge >= 0.3 is 0 Å². The summed E-state index contributed by atoms with van der Waals surface area (Å²) in [6, 6.07) is 8.69. The molecule has 1 aliphatic heterocycles. The lowest BCUT2D eigenvalue weighted by molar-refractivity contribution is 0.139. The Kier molecular flexibility index (Phi) is 5.58.